The number of hydrogen-bond acceptors (Lipinski definition) is 5. The highest BCUT2D eigenvalue weighted by Crippen LogP contribution is 2.68. The molecule has 4 aliphatic carbocycles. The average molecular weight is 461 g/mol. The third-order valence-electron chi connectivity index (χ3n) is 10.8. The summed E-state index contributed by atoms with van der Waals surface area (Å²) in [6, 6.07) is 0. The quantitative estimate of drug-likeness (QED) is 0.473. The van der Waals surface area contributed by atoms with Gasteiger partial charge < -0.3 is 9.47 Å². The molecule has 4 fully saturated rings. The number of esters is 2. The Hall–Kier alpha value is -1.39. The number of methoxy groups -OCH3 is 1. The van der Waals surface area contributed by atoms with Crippen LogP contribution in [0.4, 0.5) is 0 Å². The fraction of sp³-hybridized carbons (Fsp3) is 0.893. The van der Waals surface area contributed by atoms with E-state index >= 15 is 0 Å². The molecule has 186 valence electrons. The molecule has 4 rings (SSSR count). The maximum Gasteiger partial charge on any atom is 0.305 e. The van der Waals surface area contributed by atoms with Crippen molar-refractivity contribution in [1.29, 1.82) is 0 Å². The van der Waals surface area contributed by atoms with Gasteiger partial charge in [0.1, 0.15) is 11.9 Å². The van der Waals surface area contributed by atoms with Crippen LogP contribution < -0.4 is 0 Å². The molecular weight excluding hydrogens is 416 g/mol. The van der Waals surface area contributed by atoms with Gasteiger partial charge in [-0.1, -0.05) is 20.8 Å². The number of ether oxygens (including phenoxy) is 2. The largest absolute Gasteiger partial charge is 0.469 e. The minimum Gasteiger partial charge on any atom is -0.469 e. The molecule has 0 aromatic carbocycles. The summed E-state index contributed by atoms with van der Waals surface area (Å²) in [5, 5.41) is 0. The lowest BCUT2D eigenvalue weighted by Gasteiger charge is -2.62. The predicted molar refractivity (Wildman–Crippen MR) is 126 cm³/mol. The van der Waals surface area contributed by atoms with Gasteiger partial charge in [0.25, 0.3) is 0 Å². The zero-order chi connectivity index (χ0) is 24.0. The van der Waals surface area contributed by atoms with E-state index in [1.807, 2.05) is 0 Å². The van der Waals surface area contributed by atoms with E-state index in [0.717, 1.165) is 51.4 Å². The van der Waals surface area contributed by atoms with Gasteiger partial charge in [0.15, 0.2) is 0 Å². The molecule has 5 nitrogen and oxygen atoms in total. The average Bonchev–Trinajstić information content (AvgIpc) is 3.11. The van der Waals surface area contributed by atoms with E-state index < -0.39 is 0 Å². The Balaban J connectivity index is 1.55. The molecule has 0 bridgehead atoms. The van der Waals surface area contributed by atoms with Crippen LogP contribution in [0.1, 0.15) is 98.3 Å². The maximum absolute atomic E-state index is 14.1. The number of fused-ring (bicyclic) bond motifs is 5. The third kappa shape index (κ3) is 4.16. The van der Waals surface area contributed by atoms with Gasteiger partial charge in [-0.2, -0.15) is 0 Å². The summed E-state index contributed by atoms with van der Waals surface area (Å²) >= 11 is 0. The van der Waals surface area contributed by atoms with Gasteiger partial charge in [0.05, 0.1) is 7.11 Å². The lowest BCUT2D eigenvalue weighted by Crippen LogP contribution is -2.60. The molecule has 0 saturated heterocycles. The van der Waals surface area contributed by atoms with Crippen molar-refractivity contribution in [3.63, 3.8) is 0 Å². The second kappa shape index (κ2) is 9.34. The Morgan fingerprint density at radius 1 is 1.00 bits per heavy atom. The molecule has 0 spiro atoms. The number of Topliss-reactive ketones (excluding diaryl/α,β-unsaturated/α-hetero) is 1. The normalized spacial score (nSPS) is 44.4. The predicted octanol–water partition coefficient (Wildman–Crippen LogP) is 5.74. The maximum atomic E-state index is 14.1. The third-order valence-corrected chi connectivity index (χ3v) is 10.8. The SMILES string of the molecule is CC[C@@H]1C(=O)C2C3CCC(CCCC(=O)OC)[C@@]3(C)CCC2[C@@]2(C)CC[C@@H](OC(C)=O)C[C@@H]12. The first-order valence-electron chi connectivity index (χ1n) is 13.4. The summed E-state index contributed by atoms with van der Waals surface area (Å²) in [6.45, 7) is 8.58. The number of carbonyl (C=O) groups excluding carboxylic acids is 3. The topological polar surface area (TPSA) is 69.7 Å². The number of ketones is 1. The van der Waals surface area contributed by atoms with Gasteiger partial charge in [-0.3, -0.25) is 14.4 Å². The van der Waals surface area contributed by atoms with Gasteiger partial charge in [-0.05, 0) is 98.7 Å². The number of rotatable bonds is 6. The van der Waals surface area contributed by atoms with Gasteiger partial charge in [0.2, 0.25) is 0 Å². The van der Waals surface area contributed by atoms with Crippen molar-refractivity contribution < 1.29 is 23.9 Å². The second-order valence-corrected chi connectivity index (χ2v) is 12.1. The van der Waals surface area contributed by atoms with Crippen LogP contribution in [0.2, 0.25) is 0 Å². The zero-order valence-electron chi connectivity index (χ0n) is 21.4. The summed E-state index contributed by atoms with van der Waals surface area (Å²) in [4.78, 5) is 37.3. The van der Waals surface area contributed by atoms with Crippen LogP contribution in [0.5, 0.6) is 0 Å². The summed E-state index contributed by atoms with van der Waals surface area (Å²) < 4.78 is 10.5. The van der Waals surface area contributed by atoms with Crippen molar-refractivity contribution in [2.24, 2.45) is 46.3 Å². The lowest BCUT2D eigenvalue weighted by atomic mass is 9.42. The van der Waals surface area contributed by atoms with E-state index in [9.17, 15) is 14.4 Å². The molecule has 5 heteroatoms. The van der Waals surface area contributed by atoms with Crippen molar-refractivity contribution in [2.45, 2.75) is 104 Å². The Bertz CT molecular complexity index is 776. The van der Waals surface area contributed by atoms with Crippen molar-refractivity contribution >= 4 is 17.7 Å². The first-order chi connectivity index (χ1) is 15.7. The Labute approximate surface area is 199 Å². The summed E-state index contributed by atoms with van der Waals surface area (Å²) in [7, 11) is 1.46. The monoisotopic (exact) mass is 460 g/mol. The van der Waals surface area contributed by atoms with Crippen LogP contribution in [-0.2, 0) is 23.9 Å². The first kappa shape index (κ1) is 24.7. The minimum atomic E-state index is -0.200. The van der Waals surface area contributed by atoms with Crippen molar-refractivity contribution in [3.05, 3.63) is 0 Å². The highest BCUT2D eigenvalue weighted by molar-refractivity contribution is 5.86. The van der Waals surface area contributed by atoms with E-state index in [-0.39, 0.29) is 40.7 Å². The standard InChI is InChI=1S/C28H44O5/c1-6-20-23-16-19(33-17(2)29)12-14-28(23,4)22-13-15-27(3)18(8-7-9-24(30)32-5)10-11-21(27)25(22)26(20)31/h18-23,25H,6-16H2,1-5H3/t18?,19-,20+,21?,22?,23+,25?,27-,28-/m1/s1. The van der Waals surface area contributed by atoms with Gasteiger partial charge in [-0.25, -0.2) is 0 Å². The van der Waals surface area contributed by atoms with E-state index in [1.165, 1.54) is 26.9 Å². The molecule has 0 aliphatic heterocycles. The van der Waals surface area contributed by atoms with Crippen LogP contribution in [-0.4, -0.2) is 30.9 Å². The van der Waals surface area contributed by atoms with Crippen molar-refractivity contribution in [1.82, 2.24) is 0 Å². The second-order valence-electron chi connectivity index (χ2n) is 12.1. The van der Waals surface area contributed by atoms with Crippen molar-refractivity contribution in [2.75, 3.05) is 7.11 Å². The van der Waals surface area contributed by atoms with E-state index in [1.54, 1.807) is 0 Å². The van der Waals surface area contributed by atoms with Crippen LogP contribution in [0, 0.1) is 46.3 Å². The van der Waals surface area contributed by atoms with Gasteiger partial charge >= 0.3 is 11.9 Å². The molecule has 4 saturated carbocycles. The molecule has 0 radical (unpaired) electrons. The molecule has 0 aromatic rings. The van der Waals surface area contributed by atoms with Crippen molar-refractivity contribution in [3.8, 4) is 0 Å². The van der Waals surface area contributed by atoms with Gasteiger partial charge in [-0.15, -0.1) is 0 Å². The molecule has 33 heavy (non-hydrogen) atoms. The Morgan fingerprint density at radius 3 is 2.36 bits per heavy atom. The van der Waals surface area contributed by atoms with Crippen LogP contribution in [0.25, 0.3) is 0 Å². The molecule has 0 amide bonds. The highest BCUT2D eigenvalue weighted by atomic mass is 16.5. The van der Waals surface area contributed by atoms with E-state index in [4.69, 9.17) is 9.47 Å². The van der Waals surface area contributed by atoms with E-state index in [0.29, 0.717) is 35.9 Å². The Morgan fingerprint density at radius 2 is 1.70 bits per heavy atom. The van der Waals surface area contributed by atoms with Crippen LogP contribution in [0.3, 0.4) is 0 Å². The molecule has 0 N–H and O–H groups in total. The fourth-order valence-corrected chi connectivity index (χ4v) is 9.14. The van der Waals surface area contributed by atoms with Gasteiger partial charge in [0, 0.05) is 25.2 Å². The molecule has 0 heterocycles. The molecular formula is C28H44O5. The molecule has 9 atom stereocenters. The van der Waals surface area contributed by atoms with E-state index in [2.05, 4.69) is 20.8 Å². The fourth-order valence-electron chi connectivity index (χ4n) is 9.14. The van der Waals surface area contributed by atoms with Crippen LogP contribution in [0.15, 0.2) is 0 Å². The molecule has 4 unspecified atom stereocenters. The highest BCUT2D eigenvalue weighted by Gasteiger charge is 2.64. The molecule has 4 aliphatic rings. The van der Waals surface area contributed by atoms with Crippen LogP contribution >= 0.6 is 0 Å². The minimum absolute atomic E-state index is 0.0292. The zero-order valence-corrected chi connectivity index (χ0v) is 21.4. The summed E-state index contributed by atoms with van der Waals surface area (Å²) in [5.74, 6) is 2.35. The Kier molecular flexibility index (Phi) is 7.00. The smallest absolute Gasteiger partial charge is 0.305 e. The lowest BCUT2D eigenvalue weighted by molar-refractivity contribution is -0.178. The summed E-state index contributed by atoms with van der Waals surface area (Å²) in [6.07, 6.45) is 10.8. The number of carbonyl (C=O) groups is 3. The molecule has 0 aromatic heterocycles. The number of hydrogen-bond donors (Lipinski definition) is 0. The summed E-state index contributed by atoms with van der Waals surface area (Å²) in [5.41, 5.74) is 0.379. The first-order valence-corrected chi connectivity index (χ1v) is 13.4.